The van der Waals surface area contributed by atoms with Gasteiger partial charge in [0.25, 0.3) is 11.7 Å². The molecule has 0 saturated carbocycles. The molecule has 4 nitrogen and oxygen atoms in total. The molecule has 94 valence electrons. The number of carbonyl (C=O) groups excluding carboxylic acids is 3. The van der Waals surface area contributed by atoms with E-state index in [-0.39, 0.29) is 24.4 Å². The van der Waals surface area contributed by atoms with Gasteiger partial charge in [-0.25, -0.2) is 8.78 Å². The van der Waals surface area contributed by atoms with Crippen molar-refractivity contribution in [2.24, 2.45) is 0 Å². The molecule has 0 N–H and O–H groups in total. The zero-order valence-electron chi connectivity index (χ0n) is 9.50. The maximum Gasteiger partial charge on any atom is 0.299 e. The zero-order chi connectivity index (χ0) is 13.4. The third-order valence-corrected chi connectivity index (χ3v) is 2.70. The van der Waals surface area contributed by atoms with E-state index in [9.17, 15) is 23.2 Å². The molecule has 0 unspecified atom stereocenters. The second-order valence-corrected chi connectivity index (χ2v) is 3.99. The monoisotopic (exact) mass is 253 g/mol. The van der Waals surface area contributed by atoms with Crippen LogP contribution in [0.5, 0.6) is 0 Å². The summed E-state index contributed by atoms with van der Waals surface area (Å²) in [6.07, 6.45) is -0.0194. The van der Waals surface area contributed by atoms with Crippen LogP contribution in [0.4, 0.5) is 14.5 Å². The second-order valence-electron chi connectivity index (χ2n) is 3.99. The summed E-state index contributed by atoms with van der Waals surface area (Å²) in [7, 11) is 0. The minimum absolute atomic E-state index is 0.0194. The molecule has 1 aromatic rings. The fourth-order valence-corrected chi connectivity index (χ4v) is 1.83. The average molecular weight is 253 g/mol. The first-order valence-corrected chi connectivity index (χ1v) is 5.27. The van der Waals surface area contributed by atoms with Crippen LogP contribution in [0.3, 0.4) is 0 Å². The van der Waals surface area contributed by atoms with Crippen molar-refractivity contribution in [3.63, 3.8) is 0 Å². The number of Topliss-reactive ketones (excluding diaryl/α,β-unsaturated/α-hetero) is 2. The van der Waals surface area contributed by atoms with E-state index in [1.807, 2.05) is 0 Å². The minimum atomic E-state index is -1.08. The molecule has 0 saturated heterocycles. The minimum Gasteiger partial charge on any atom is -0.302 e. The van der Waals surface area contributed by atoms with Gasteiger partial charge in [0.05, 0.1) is 11.3 Å². The number of anilines is 1. The topological polar surface area (TPSA) is 54.5 Å². The van der Waals surface area contributed by atoms with Crippen molar-refractivity contribution in [2.45, 2.75) is 13.3 Å². The molecule has 1 amide bonds. The van der Waals surface area contributed by atoms with Crippen molar-refractivity contribution < 1.29 is 23.2 Å². The highest BCUT2D eigenvalue weighted by Gasteiger charge is 2.40. The van der Waals surface area contributed by atoms with Gasteiger partial charge >= 0.3 is 0 Å². The van der Waals surface area contributed by atoms with E-state index < -0.39 is 28.9 Å². The number of fused-ring (bicyclic) bond motifs is 1. The van der Waals surface area contributed by atoms with Gasteiger partial charge in [-0.3, -0.25) is 14.4 Å². The normalized spacial score (nSPS) is 14.1. The van der Waals surface area contributed by atoms with Gasteiger partial charge < -0.3 is 4.90 Å². The van der Waals surface area contributed by atoms with E-state index in [0.29, 0.717) is 0 Å². The molecule has 0 bridgehead atoms. The number of benzene rings is 1. The van der Waals surface area contributed by atoms with Crippen LogP contribution in [-0.4, -0.2) is 24.0 Å². The molecule has 0 aliphatic carbocycles. The summed E-state index contributed by atoms with van der Waals surface area (Å²) < 4.78 is 27.0. The van der Waals surface area contributed by atoms with Gasteiger partial charge in [-0.15, -0.1) is 0 Å². The number of halogens is 2. The third-order valence-electron chi connectivity index (χ3n) is 2.70. The summed E-state index contributed by atoms with van der Waals surface area (Å²) >= 11 is 0. The summed E-state index contributed by atoms with van der Waals surface area (Å²) in [6.45, 7) is 1.18. The van der Waals surface area contributed by atoms with Gasteiger partial charge in [0, 0.05) is 13.0 Å². The second kappa shape index (κ2) is 4.29. The Hall–Kier alpha value is -2.11. The lowest BCUT2D eigenvalue weighted by Crippen LogP contribution is -2.32. The summed E-state index contributed by atoms with van der Waals surface area (Å²) in [5.74, 6) is -4.08. The first kappa shape index (κ1) is 12.3. The Balaban J connectivity index is 2.48. The van der Waals surface area contributed by atoms with Gasteiger partial charge in [-0.05, 0) is 19.1 Å². The molecule has 1 aliphatic heterocycles. The number of amides is 1. The predicted octanol–water partition coefficient (Wildman–Crippen LogP) is 1.47. The Bertz CT molecular complexity index is 569. The van der Waals surface area contributed by atoms with Crippen LogP contribution in [0.2, 0.25) is 0 Å². The average Bonchev–Trinajstić information content (AvgIpc) is 2.56. The van der Waals surface area contributed by atoms with E-state index in [0.717, 1.165) is 17.0 Å². The smallest absolute Gasteiger partial charge is 0.299 e. The lowest BCUT2D eigenvalue weighted by Gasteiger charge is -2.15. The lowest BCUT2D eigenvalue weighted by atomic mass is 10.1. The molecule has 6 heteroatoms. The number of hydrogen-bond acceptors (Lipinski definition) is 3. The number of nitrogens with zero attached hydrogens (tertiary/aromatic N) is 1. The fraction of sp³-hybridized carbons (Fsp3) is 0.250. The Morgan fingerprint density at radius 1 is 1.22 bits per heavy atom. The van der Waals surface area contributed by atoms with E-state index in [1.165, 1.54) is 6.92 Å². The molecule has 1 heterocycles. The maximum atomic E-state index is 13.6. The summed E-state index contributed by atoms with van der Waals surface area (Å²) in [6, 6.07) is 1.65. The third kappa shape index (κ3) is 1.79. The number of rotatable bonds is 3. The van der Waals surface area contributed by atoms with Gasteiger partial charge in [0.15, 0.2) is 0 Å². The van der Waals surface area contributed by atoms with Crippen LogP contribution < -0.4 is 4.90 Å². The molecule has 1 aromatic carbocycles. The molecule has 0 aromatic heterocycles. The summed E-state index contributed by atoms with van der Waals surface area (Å²) in [5, 5.41) is 0. The number of hydrogen-bond donors (Lipinski definition) is 0. The standard InChI is InChI=1S/C12H9F2NO3/c1-6(16)4-5-15-10-8(14)3-2-7(13)9(10)11(17)12(15)18/h2-3H,4-5H2,1H3. The Labute approximate surface area is 101 Å². The van der Waals surface area contributed by atoms with Crippen molar-refractivity contribution in [3.05, 3.63) is 29.3 Å². The van der Waals surface area contributed by atoms with Gasteiger partial charge in [0.1, 0.15) is 17.4 Å². The van der Waals surface area contributed by atoms with Gasteiger partial charge in [0.2, 0.25) is 0 Å². The molecule has 2 rings (SSSR count). The number of ketones is 2. The summed E-state index contributed by atoms with van der Waals surface area (Å²) in [5.41, 5.74) is -0.921. The van der Waals surface area contributed by atoms with Crippen LogP contribution in [0, 0.1) is 11.6 Å². The van der Waals surface area contributed by atoms with Crippen LogP contribution in [0.15, 0.2) is 12.1 Å². The largest absolute Gasteiger partial charge is 0.302 e. The van der Waals surface area contributed by atoms with Crippen molar-refractivity contribution in [3.8, 4) is 0 Å². The van der Waals surface area contributed by atoms with Gasteiger partial charge in [-0.1, -0.05) is 0 Å². The molecule has 1 aliphatic rings. The molecule has 0 spiro atoms. The fourth-order valence-electron chi connectivity index (χ4n) is 1.83. The molecule has 0 fully saturated rings. The van der Waals surface area contributed by atoms with E-state index in [2.05, 4.69) is 0 Å². The van der Waals surface area contributed by atoms with Crippen molar-refractivity contribution in [2.75, 3.05) is 11.4 Å². The Morgan fingerprint density at radius 3 is 2.44 bits per heavy atom. The molecular formula is C12H9F2NO3. The van der Waals surface area contributed by atoms with Crippen molar-refractivity contribution in [1.82, 2.24) is 0 Å². The molecule has 18 heavy (non-hydrogen) atoms. The van der Waals surface area contributed by atoms with Crippen molar-refractivity contribution >= 4 is 23.2 Å². The molecule has 0 atom stereocenters. The van der Waals surface area contributed by atoms with Crippen molar-refractivity contribution in [1.29, 1.82) is 0 Å². The molecular weight excluding hydrogens is 244 g/mol. The number of carbonyl (C=O) groups is 3. The highest BCUT2D eigenvalue weighted by Crippen LogP contribution is 2.33. The van der Waals surface area contributed by atoms with Crippen LogP contribution in [0.1, 0.15) is 23.7 Å². The maximum absolute atomic E-state index is 13.6. The lowest BCUT2D eigenvalue weighted by molar-refractivity contribution is -0.117. The van der Waals surface area contributed by atoms with Crippen LogP contribution in [0.25, 0.3) is 0 Å². The highest BCUT2D eigenvalue weighted by molar-refractivity contribution is 6.52. The first-order chi connectivity index (χ1) is 8.43. The Morgan fingerprint density at radius 2 is 1.83 bits per heavy atom. The molecule has 0 radical (unpaired) electrons. The SMILES string of the molecule is CC(=O)CCN1C(=O)C(=O)c2c(F)ccc(F)c21. The highest BCUT2D eigenvalue weighted by atomic mass is 19.1. The first-order valence-electron chi connectivity index (χ1n) is 5.27. The van der Waals surface area contributed by atoms with E-state index in [4.69, 9.17) is 0 Å². The summed E-state index contributed by atoms with van der Waals surface area (Å²) in [4.78, 5) is 34.8. The van der Waals surface area contributed by atoms with E-state index >= 15 is 0 Å². The Kier molecular flexibility index (Phi) is 2.94. The zero-order valence-corrected chi connectivity index (χ0v) is 9.50. The van der Waals surface area contributed by atoms with Gasteiger partial charge in [-0.2, -0.15) is 0 Å². The van der Waals surface area contributed by atoms with Crippen LogP contribution >= 0.6 is 0 Å². The van der Waals surface area contributed by atoms with E-state index in [1.54, 1.807) is 0 Å². The predicted molar refractivity (Wildman–Crippen MR) is 58.3 cm³/mol. The quantitative estimate of drug-likeness (QED) is 0.766. The van der Waals surface area contributed by atoms with Crippen LogP contribution in [-0.2, 0) is 9.59 Å².